The summed E-state index contributed by atoms with van der Waals surface area (Å²) in [6.07, 6.45) is -4.29. The highest BCUT2D eigenvalue weighted by Crippen LogP contribution is 2.27. The maximum Gasteiger partial charge on any atom is 0.490 e. The van der Waals surface area contributed by atoms with E-state index < -0.39 is 24.3 Å². The zero-order chi connectivity index (χ0) is 35.3. The van der Waals surface area contributed by atoms with E-state index in [0.717, 1.165) is 23.2 Å². The van der Waals surface area contributed by atoms with Gasteiger partial charge in [-0.25, -0.2) is 4.79 Å². The van der Waals surface area contributed by atoms with Crippen LogP contribution in [0, 0.1) is 11.3 Å². The maximum atomic E-state index is 13.6. The highest BCUT2D eigenvalue weighted by atomic mass is 19.4. The van der Waals surface area contributed by atoms with E-state index >= 15 is 0 Å². The van der Waals surface area contributed by atoms with Gasteiger partial charge in [0.1, 0.15) is 5.75 Å². The van der Waals surface area contributed by atoms with Gasteiger partial charge in [-0.1, -0.05) is 30.3 Å². The van der Waals surface area contributed by atoms with Crippen molar-refractivity contribution in [3.8, 4) is 11.8 Å². The summed E-state index contributed by atoms with van der Waals surface area (Å²) in [4.78, 5) is 36.6. The molecule has 11 nitrogen and oxygen atoms in total. The molecule has 0 radical (unpaired) electrons. The molecule has 1 fully saturated rings. The standard InChI is InChI=1S/C32H37N5O4.C2HF3O2/c1-3-35-26-16-24(17-27(18-26)37-13-7-10-31(37)39)32(40)36-28(15-22-8-5-4-6-9-22)29(38)21-34-20-25-14-23(19-33)11-12-30(25)41-2;3-2(4,5)1(6)7/h4-6,8-9,11-12,14,16-18,28-29,34-35,38H,3,7,10,13,15,20-21H2,1-2H3,(H,36,40);(H,6,7)/t28-,29+;/m0./s1. The lowest BCUT2D eigenvalue weighted by Crippen LogP contribution is -2.48. The molecule has 1 heterocycles. The molecule has 0 aromatic heterocycles. The fourth-order valence-electron chi connectivity index (χ4n) is 5.01. The number of benzene rings is 3. The van der Waals surface area contributed by atoms with Crippen LogP contribution < -0.4 is 25.6 Å². The number of nitrogens with zero attached hydrogens (tertiary/aromatic N) is 2. The molecule has 3 aromatic rings. The quantitative estimate of drug-likeness (QED) is 0.179. The van der Waals surface area contributed by atoms with Gasteiger partial charge in [-0.15, -0.1) is 0 Å². The first-order chi connectivity index (χ1) is 22.9. The fraction of sp³-hybridized carbons (Fsp3) is 0.353. The van der Waals surface area contributed by atoms with Crippen LogP contribution in [0.1, 0.15) is 46.8 Å². The molecule has 3 aromatic carbocycles. The molecule has 1 saturated heterocycles. The third kappa shape index (κ3) is 11.0. The number of amides is 2. The topological polar surface area (TPSA) is 164 Å². The third-order valence-corrected chi connectivity index (χ3v) is 7.35. The maximum absolute atomic E-state index is 13.6. The molecule has 2 atom stereocenters. The van der Waals surface area contributed by atoms with E-state index in [0.29, 0.717) is 55.0 Å². The number of carbonyl (C=O) groups excluding carboxylic acids is 2. The predicted molar refractivity (Wildman–Crippen MR) is 173 cm³/mol. The second-order valence-electron chi connectivity index (χ2n) is 10.9. The van der Waals surface area contributed by atoms with Gasteiger partial charge in [-0.3, -0.25) is 9.59 Å². The average molecular weight is 670 g/mol. The van der Waals surface area contributed by atoms with Crippen LogP contribution in [-0.4, -0.2) is 73.1 Å². The Labute approximate surface area is 276 Å². The number of ether oxygens (including phenoxy) is 1. The van der Waals surface area contributed by atoms with Crippen molar-refractivity contribution in [3.63, 3.8) is 0 Å². The second-order valence-corrected chi connectivity index (χ2v) is 10.9. The van der Waals surface area contributed by atoms with Crippen molar-refractivity contribution in [2.75, 3.05) is 37.0 Å². The van der Waals surface area contributed by atoms with Crippen molar-refractivity contribution < 1.29 is 42.5 Å². The van der Waals surface area contributed by atoms with E-state index in [4.69, 9.17) is 14.6 Å². The number of hydrogen-bond acceptors (Lipinski definition) is 8. The largest absolute Gasteiger partial charge is 0.496 e. The Morgan fingerprint density at radius 2 is 1.81 bits per heavy atom. The number of hydrogen-bond donors (Lipinski definition) is 5. The SMILES string of the molecule is CCNc1cc(C(=O)N[C@@H](Cc2ccccc2)[C@H](O)CNCc2cc(C#N)ccc2OC)cc(N2CCCC2=O)c1.O=C(O)C(F)(F)F. The van der Waals surface area contributed by atoms with Crippen LogP contribution >= 0.6 is 0 Å². The van der Waals surface area contributed by atoms with Gasteiger partial charge in [-0.05, 0) is 61.7 Å². The van der Waals surface area contributed by atoms with Crippen LogP contribution in [0.15, 0.2) is 66.7 Å². The minimum atomic E-state index is -5.08. The molecule has 5 N–H and O–H groups in total. The number of carboxylic acid groups (broad SMARTS) is 1. The minimum absolute atomic E-state index is 0.0467. The van der Waals surface area contributed by atoms with Crippen LogP contribution in [0.25, 0.3) is 0 Å². The predicted octanol–water partition coefficient (Wildman–Crippen LogP) is 4.25. The van der Waals surface area contributed by atoms with Gasteiger partial charge >= 0.3 is 12.1 Å². The number of rotatable bonds is 13. The number of halogens is 3. The van der Waals surface area contributed by atoms with Crippen molar-refractivity contribution in [1.82, 2.24) is 10.6 Å². The second kappa shape index (κ2) is 17.7. The van der Waals surface area contributed by atoms with Crippen LogP contribution in [0.3, 0.4) is 0 Å². The highest BCUT2D eigenvalue weighted by Gasteiger charge is 2.38. The number of carbonyl (C=O) groups is 3. The Bertz CT molecular complexity index is 1600. The lowest BCUT2D eigenvalue weighted by Gasteiger charge is -2.26. The summed E-state index contributed by atoms with van der Waals surface area (Å²) >= 11 is 0. The summed E-state index contributed by atoms with van der Waals surface area (Å²) < 4.78 is 37.1. The van der Waals surface area contributed by atoms with Gasteiger partial charge in [0.05, 0.1) is 30.9 Å². The van der Waals surface area contributed by atoms with E-state index in [1.807, 2.05) is 43.3 Å². The number of nitriles is 1. The molecule has 1 aliphatic rings. The zero-order valence-corrected chi connectivity index (χ0v) is 26.5. The Morgan fingerprint density at radius 3 is 2.40 bits per heavy atom. The molecule has 0 aliphatic carbocycles. The van der Waals surface area contributed by atoms with E-state index in [1.54, 1.807) is 42.3 Å². The number of alkyl halides is 3. The van der Waals surface area contributed by atoms with E-state index in [-0.39, 0.29) is 18.4 Å². The van der Waals surface area contributed by atoms with Crippen molar-refractivity contribution in [1.29, 1.82) is 5.26 Å². The molecule has 0 spiro atoms. The number of anilines is 2. The summed E-state index contributed by atoms with van der Waals surface area (Å²) in [7, 11) is 1.57. The molecule has 1 aliphatic heterocycles. The first kappa shape index (κ1) is 37.3. The number of aliphatic hydroxyl groups excluding tert-OH is 1. The number of aliphatic carboxylic acids is 1. The van der Waals surface area contributed by atoms with Gasteiger partial charge in [0.15, 0.2) is 0 Å². The Kier molecular flexibility index (Phi) is 13.8. The van der Waals surface area contributed by atoms with Gasteiger partial charge < -0.3 is 35.8 Å². The van der Waals surface area contributed by atoms with Crippen LogP contribution in [0.5, 0.6) is 5.75 Å². The smallest absolute Gasteiger partial charge is 0.490 e. The molecule has 14 heteroatoms. The molecular weight excluding hydrogens is 631 g/mol. The van der Waals surface area contributed by atoms with Crippen molar-refractivity contribution in [2.45, 2.75) is 51.1 Å². The van der Waals surface area contributed by atoms with E-state index in [2.05, 4.69) is 22.0 Å². The van der Waals surface area contributed by atoms with Crippen LogP contribution in [0.2, 0.25) is 0 Å². The number of methoxy groups -OCH3 is 1. The van der Waals surface area contributed by atoms with Crippen LogP contribution in [0.4, 0.5) is 24.5 Å². The summed E-state index contributed by atoms with van der Waals surface area (Å²) in [6, 6.07) is 21.8. The monoisotopic (exact) mass is 669 g/mol. The Balaban J connectivity index is 0.000000804. The molecule has 4 rings (SSSR count). The lowest BCUT2D eigenvalue weighted by molar-refractivity contribution is -0.192. The first-order valence-electron chi connectivity index (χ1n) is 15.2. The van der Waals surface area contributed by atoms with Gasteiger partial charge in [0.25, 0.3) is 5.91 Å². The first-order valence-corrected chi connectivity index (χ1v) is 15.2. The zero-order valence-electron chi connectivity index (χ0n) is 26.5. The number of nitrogens with one attached hydrogen (secondary N) is 3. The van der Waals surface area contributed by atoms with Crippen molar-refractivity contribution >= 4 is 29.2 Å². The number of aliphatic hydroxyl groups is 1. The molecular formula is C34H38F3N5O6. The van der Waals surface area contributed by atoms with Crippen molar-refractivity contribution in [3.05, 3.63) is 89.0 Å². The Hall–Kier alpha value is -5.13. The van der Waals surface area contributed by atoms with Crippen LogP contribution in [-0.2, 0) is 22.6 Å². The summed E-state index contributed by atoms with van der Waals surface area (Å²) in [5, 5.41) is 37.2. The molecule has 0 bridgehead atoms. The molecule has 48 heavy (non-hydrogen) atoms. The average Bonchev–Trinajstić information content (AvgIpc) is 3.50. The fourth-order valence-corrected chi connectivity index (χ4v) is 5.01. The van der Waals surface area contributed by atoms with Crippen molar-refractivity contribution in [2.24, 2.45) is 0 Å². The normalized spacial score (nSPS) is 13.9. The van der Waals surface area contributed by atoms with Gasteiger partial charge in [0.2, 0.25) is 5.91 Å². The molecule has 256 valence electrons. The van der Waals surface area contributed by atoms with E-state index in [9.17, 15) is 33.1 Å². The molecule has 0 unspecified atom stereocenters. The van der Waals surface area contributed by atoms with Gasteiger partial charge in [0, 0.05) is 55.1 Å². The molecule has 0 saturated carbocycles. The minimum Gasteiger partial charge on any atom is -0.496 e. The Morgan fingerprint density at radius 1 is 1.10 bits per heavy atom. The lowest BCUT2D eigenvalue weighted by atomic mass is 10.00. The van der Waals surface area contributed by atoms with Gasteiger partial charge in [-0.2, -0.15) is 18.4 Å². The third-order valence-electron chi connectivity index (χ3n) is 7.35. The summed E-state index contributed by atoms with van der Waals surface area (Å²) in [6.45, 7) is 3.83. The summed E-state index contributed by atoms with van der Waals surface area (Å²) in [5.41, 5.74) is 4.15. The summed E-state index contributed by atoms with van der Waals surface area (Å²) in [5.74, 6) is -2.40. The molecule has 2 amide bonds. The number of carboxylic acids is 1. The van der Waals surface area contributed by atoms with E-state index in [1.165, 1.54) is 0 Å². The highest BCUT2D eigenvalue weighted by molar-refractivity contribution is 6.00.